The number of carbonyl (C=O) groups is 1. The number of aromatic nitrogens is 2. The molecule has 0 bridgehead atoms. The molecule has 1 saturated heterocycles. The smallest absolute Gasteiger partial charge is 0.222 e. The minimum Gasteiger partial charge on any atom is -0.370 e. The number of hydrogen-bond acceptors (Lipinski definition) is 5. The van der Waals surface area contributed by atoms with Crippen LogP contribution in [0.15, 0.2) is 6.07 Å². The molecule has 1 fully saturated rings. The molecular formula is C13H21N5O. The van der Waals surface area contributed by atoms with Gasteiger partial charge in [-0.15, -0.1) is 0 Å². The van der Waals surface area contributed by atoms with Crippen LogP contribution in [0.3, 0.4) is 0 Å². The number of rotatable bonds is 5. The maximum atomic E-state index is 11.2. The predicted molar refractivity (Wildman–Crippen MR) is 75.3 cm³/mol. The summed E-state index contributed by atoms with van der Waals surface area (Å²) in [5, 5.41) is 9.30. The summed E-state index contributed by atoms with van der Waals surface area (Å²) in [4.78, 5) is 20.2. The van der Waals surface area contributed by atoms with Crippen molar-refractivity contribution in [1.29, 1.82) is 0 Å². The van der Waals surface area contributed by atoms with Crippen LogP contribution in [-0.4, -0.2) is 35.0 Å². The van der Waals surface area contributed by atoms with Gasteiger partial charge in [0.2, 0.25) is 5.91 Å². The third-order valence-corrected chi connectivity index (χ3v) is 2.95. The molecular weight excluding hydrogens is 242 g/mol. The van der Waals surface area contributed by atoms with Gasteiger partial charge in [-0.3, -0.25) is 4.79 Å². The van der Waals surface area contributed by atoms with E-state index in [-0.39, 0.29) is 17.9 Å². The Kier molecular flexibility index (Phi) is 4.19. The van der Waals surface area contributed by atoms with Crippen molar-refractivity contribution in [2.75, 3.05) is 23.7 Å². The first kappa shape index (κ1) is 13.6. The SMILES string of the molecule is CCNc1cc(NC2CNC(=O)C2)nc(C(C)C)n1. The van der Waals surface area contributed by atoms with Crippen LogP contribution in [0.5, 0.6) is 0 Å². The van der Waals surface area contributed by atoms with Crippen molar-refractivity contribution in [1.82, 2.24) is 15.3 Å². The Morgan fingerprint density at radius 2 is 2.16 bits per heavy atom. The molecule has 104 valence electrons. The average molecular weight is 263 g/mol. The third-order valence-electron chi connectivity index (χ3n) is 2.95. The fourth-order valence-electron chi connectivity index (χ4n) is 1.99. The number of hydrogen-bond donors (Lipinski definition) is 3. The zero-order valence-corrected chi connectivity index (χ0v) is 11.7. The molecule has 0 spiro atoms. The van der Waals surface area contributed by atoms with Gasteiger partial charge in [0.25, 0.3) is 0 Å². The van der Waals surface area contributed by atoms with Crippen LogP contribution in [0.4, 0.5) is 11.6 Å². The first-order valence-electron chi connectivity index (χ1n) is 6.74. The van der Waals surface area contributed by atoms with E-state index in [1.54, 1.807) is 0 Å². The fraction of sp³-hybridized carbons (Fsp3) is 0.615. The van der Waals surface area contributed by atoms with Gasteiger partial charge in [-0.2, -0.15) is 0 Å². The van der Waals surface area contributed by atoms with E-state index in [1.165, 1.54) is 0 Å². The molecule has 0 aliphatic carbocycles. The molecule has 19 heavy (non-hydrogen) atoms. The van der Waals surface area contributed by atoms with Gasteiger partial charge in [0.1, 0.15) is 17.5 Å². The second kappa shape index (κ2) is 5.86. The van der Waals surface area contributed by atoms with Crippen molar-refractivity contribution in [3.05, 3.63) is 11.9 Å². The zero-order valence-electron chi connectivity index (χ0n) is 11.7. The highest BCUT2D eigenvalue weighted by Crippen LogP contribution is 2.18. The fourth-order valence-corrected chi connectivity index (χ4v) is 1.99. The zero-order chi connectivity index (χ0) is 13.8. The second-order valence-corrected chi connectivity index (χ2v) is 5.03. The van der Waals surface area contributed by atoms with Crippen molar-refractivity contribution < 1.29 is 4.79 Å². The molecule has 1 amide bonds. The van der Waals surface area contributed by atoms with Gasteiger partial charge in [0.05, 0.1) is 6.04 Å². The first-order chi connectivity index (χ1) is 9.08. The first-order valence-corrected chi connectivity index (χ1v) is 6.74. The van der Waals surface area contributed by atoms with E-state index in [0.29, 0.717) is 13.0 Å². The standard InChI is InChI=1S/C13H21N5O/c1-4-14-10-6-11(18-13(17-10)8(2)3)16-9-5-12(19)15-7-9/h6,8-9H,4-5,7H2,1-3H3,(H,15,19)(H2,14,16,17,18). The van der Waals surface area contributed by atoms with Gasteiger partial charge in [-0.05, 0) is 6.92 Å². The largest absolute Gasteiger partial charge is 0.370 e. The summed E-state index contributed by atoms with van der Waals surface area (Å²) in [6, 6.07) is 2.00. The third kappa shape index (κ3) is 3.56. The highest BCUT2D eigenvalue weighted by Gasteiger charge is 2.21. The minimum absolute atomic E-state index is 0.0857. The second-order valence-electron chi connectivity index (χ2n) is 5.03. The number of amides is 1. The molecule has 3 N–H and O–H groups in total. The number of nitrogens with one attached hydrogen (secondary N) is 3. The number of anilines is 2. The molecule has 6 heteroatoms. The molecule has 0 radical (unpaired) electrons. The molecule has 1 aromatic heterocycles. The normalized spacial score (nSPS) is 18.5. The summed E-state index contributed by atoms with van der Waals surface area (Å²) in [6.45, 7) is 7.63. The van der Waals surface area contributed by atoms with Crippen molar-refractivity contribution in [2.45, 2.75) is 39.2 Å². The van der Waals surface area contributed by atoms with E-state index in [9.17, 15) is 4.79 Å². The lowest BCUT2D eigenvalue weighted by Gasteiger charge is -2.15. The maximum absolute atomic E-state index is 11.2. The molecule has 1 atom stereocenters. The summed E-state index contributed by atoms with van der Waals surface area (Å²) in [5.41, 5.74) is 0. The van der Waals surface area contributed by atoms with Crippen LogP contribution in [0, 0.1) is 0 Å². The number of nitrogens with zero attached hydrogens (tertiary/aromatic N) is 2. The number of carbonyl (C=O) groups excluding carboxylic acids is 1. The Bertz CT molecular complexity index is 460. The van der Waals surface area contributed by atoms with Crippen LogP contribution in [0.25, 0.3) is 0 Å². The molecule has 1 aliphatic rings. The molecule has 2 heterocycles. The van der Waals surface area contributed by atoms with Crippen LogP contribution < -0.4 is 16.0 Å². The van der Waals surface area contributed by atoms with E-state index in [2.05, 4.69) is 39.8 Å². The van der Waals surface area contributed by atoms with E-state index < -0.39 is 0 Å². The van der Waals surface area contributed by atoms with Crippen LogP contribution in [0.2, 0.25) is 0 Å². The van der Waals surface area contributed by atoms with Crippen molar-refractivity contribution in [3.8, 4) is 0 Å². The molecule has 1 aromatic rings. The Labute approximate surface area is 113 Å². The van der Waals surface area contributed by atoms with Crippen molar-refractivity contribution >= 4 is 17.5 Å². The highest BCUT2D eigenvalue weighted by atomic mass is 16.1. The molecule has 1 aliphatic heterocycles. The Morgan fingerprint density at radius 3 is 2.74 bits per heavy atom. The van der Waals surface area contributed by atoms with Gasteiger partial charge in [-0.1, -0.05) is 13.8 Å². The van der Waals surface area contributed by atoms with E-state index >= 15 is 0 Å². The van der Waals surface area contributed by atoms with Gasteiger partial charge >= 0.3 is 0 Å². The summed E-state index contributed by atoms with van der Waals surface area (Å²) in [5.74, 6) is 2.75. The lowest BCUT2D eigenvalue weighted by atomic mass is 10.2. The average Bonchev–Trinajstić information content (AvgIpc) is 2.75. The van der Waals surface area contributed by atoms with E-state index in [4.69, 9.17) is 0 Å². The molecule has 0 aromatic carbocycles. The summed E-state index contributed by atoms with van der Waals surface area (Å²) in [7, 11) is 0. The lowest BCUT2D eigenvalue weighted by molar-refractivity contribution is -0.119. The van der Waals surface area contributed by atoms with Crippen molar-refractivity contribution in [2.24, 2.45) is 0 Å². The van der Waals surface area contributed by atoms with E-state index in [0.717, 1.165) is 24.0 Å². The van der Waals surface area contributed by atoms with Gasteiger partial charge in [0, 0.05) is 31.5 Å². The predicted octanol–water partition coefficient (Wildman–Crippen LogP) is 1.33. The molecule has 6 nitrogen and oxygen atoms in total. The quantitative estimate of drug-likeness (QED) is 0.747. The van der Waals surface area contributed by atoms with Gasteiger partial charge in [-0.25, -0.2) is 9.97 Å². The van der Waals surface area contributed by atoms with E-state index in [1.807, 2.05) is 13.0 Å². The molecule has 1 unspecified atom stereocenters. The molecule has 2 rings (SSSR count). The topological polar surface area (TPSA) is 78.9 Å². The Morgan fingerprint density at radius 1 is 1.42 bits per heavy atom. The van der Waals surface area contributed by atoms with Crippen LogP contribution in [0.1, 0.15) is 38.9 Å². The van der Waals surface area contributed by atoms with Gasteiger partial charge in [0.15, 0.2) is 0 Å². The summed E-state index contributed by atoms with van der Waals surface area (Å²) in [6.07, 6.45) is 0.498. The van der Waals surface area contributed by atoms with Crippen LogP contribution in [-0.2, 0) is 4.79 Å². The maximum Gasteiger partial charge on any atom is 0.222 e. The Balaban J connectivity index is 2.16. The van der Waals surface area contributed by atoms with Gasteiger partial charge < -0.3 is 16.0 Å². The van der Waals surface area contributed by atoms with Crippen molar-refractivity contribution in [3.63, 3.8) is 0 Å². The molecule has 0 saturated carbocycles. The highest BCUT2D eigenvalue weighted by molar-refractivity contribution is 5.79. The van der Waals surface area contributed by atoms with Crippen LogP contribution >= 0.6 is 0 Å². The summed E-state index contributed by atoms with van der Waals surface area (Å²) < 4.78 is 0. The monoisotopic (exact) mass is 263 g/mol. The minimum atomic E-state index is 0.0857. The lowest BCUT2D eigenvalue weighted by Crippen LogP contribution is -2.23. The summed E-state index contributed by atoms with van der Waals surface area (Å²) >= 11 is 0. The Hall–Kier alpha value is -1.85.